The lowest BCUT2D eigenvalue weighted by atomic mass is 10.0. The van der Waals surface area contributed by atoms with Gasteiger partial charge in [0.1, 0.15) is 11.8 Å². The third kappa shape index (κ3) is 5.39. The molecule has 0 aliphatic heterocycles. The van der Waals surface area contributed by atoms with Crippen LogP contribution in [0.4, 0.5) is 0 Å². The predicted octanol–water partition coefficient (Wildman–Crippen LogP) is 2.33. The summed E-state index contributed by atoms with van der Waals surface area (Å²) in [5.41, 5.74) is 0.985. The van der Waals surface area contributed by atoms with Crippen LogP contribution in [0, 0.1) is 5.92 Å². The van der Waals surface area contributed by atoms with E-state index in [2.05, 4.69) is 5.32 Å². The Morgan fingerprint density at radius 1 is 1.23 bits per heavy atom. The van der Waals surface area contributed by atoms with E-state index < -0.39 is 12.0 Å². The number of esters is 1. The third-order valence-electron chi connectivity index (χ3n) is 3.33. The Bertz CT molecular complexity index is 499. The summed E-state index contributed by atoms with van der Waals surface area (Å²) in [6.07, 6.45) is 0.859. The van der Waals surface area contributed by atoms with Gasteiger partial charge < -0.3 is 14.8 Å². The molecule has 0 fully saturated rings. The highest BCUT2D eigenvalue weighted by molar-refractivity contribution is 5.84. The van der Waals surface area contributed by atoms with Gasteiger partial charge in [-0.15, -0.1) is 0 Å². The van der Waals surface area contributed by atoms with Gasteiger partial charge in [0.05, 0.1) is 13.7 Å². The summed E-state index contributed by atoms with van der Waals surface area (Å²) >= 11 is 0. The Morgan fingerprint density at radius 3 is 2.50 bits per heavy atom. The van der Waals surface area contributed by atoms with Crippen LogP contribution in [0.5, 0.6) is 5.75 Å². The molecule has 0 aliphatic carbocycles. The first-order valence-corrected chi connectivity index (χ1v) is 7.57. The quantitative estimate of drug-likeness (QED) is 0.749. The smallest absolute Gasteiger partial charge is 0.328 e. The molecule has 0 saturated heterocycles. The molecular weight excluding hydrogens is 282 g/mol. The zero-order valence-electron chi connectivity index (χ0n) is 13.7. The minimum Gasteiger partial charge on any atom is -0.494 e. The standard InChI is InChI=1S/C17H25NO4/c1-5-22-14-9-7-6-8-13(14)10-11-15(19)18-16(12(2)3)17(20)21-4/h6-9,12,16H,5,10-11H2,1-4H3,(H,18,19). The number of aryl methyl sites for hydroxylation is 1. The fourth-order valence-electron chi connectivity index (χ4n) is 2.13. The third-order valence-corrected chi connectivity index (χ3v) is 3.33. The Labute approximate surface area is 132 Å². The van der Waals surface area contributed by atoms with E-state index in [-0.39, 0.29) is 11.8 Å². The predicted molar refractivity (Wildman–Crippen MR) is 84.7 cm³/mol. The van der Waals surface area contributed by atoms with Crippen LogP contribution in [0.15, 0.2) is 24.3 Å². The average Bonchev–Trinajstić information content (AvgIpc) is 2.51. The summed E-state index contributed by atoms with van der Waals surface area (Å²) < 4.78 is 10.3. The molecule has 1 N–H and O–H groups in total. The number of amides is 1. The average molecular weight is 307 g/mol. The number of methoxy groups -OCH3 is 1. The lowest BCUT2D eigenvalue weighted by Crippen LogP contribution is -2.45. The molecule has 0 aromatic heterocycles. The summed E-state index contributed by atoms with van der Waals surface area (Å²) in [6, 6.07) is 7.04. The second-order valence-corrected chi connectivity index (χ2v) is 5.35. The van der Waals surface area contributed by atoms with Gasteiger partial charge in [0.15, 0.2) is 0 Å². The maximum Gasteiger partial charge on any atom is 0.328 e. The number of hydrogen-bond donors (Lipinski definition) is 1. The molecule has 1 atom stereocenters. The Hall–Kier alpha value is -2.04. The number of ether oxygens (including phenoxy) is 2. The first-order valence-electron chi connectivity index (χ1n) is 7.57. The van der Waals surface area contributed by atoms with Gasteiger partial charge >= 0.3 is 5.97 Å². The number of benzene rings is 1. The van der Waals surface area contributed by atoms with Crippen molar-refractivity contribution in [1.82, 2.24) is 5.32 Å². The highest BCUT2D eigenvalue weighted by atomic mass is 16.5. The van der Waals surface area contributed by atoms with E-state index in [0.29, 0.717) is 19.4 Å². The van der Waals surface area contributed by atoms with Crippen molar-refractivity contribution in [2.45, 2.75) is 39.7 Å². The Morgan fingerprint density at radius 2 is 1.91 bits per heavy atom. The van der Waals surface area contributed by atoms with E-state index >= 15 is 0 Å². The molecule has 1 aromatic rings. The number of nitrogens with one attached hydrogen (secondary N) is 1. The maximum atomic E-state index is 12.1. The molecule has 0 bridgehead atoms. The van der Waals surface area contributed by atoms with Crippen LogP contribution < -0.4 is 10.1 Å². The molecule has 1 unspecified atom stereocenters. The highest BCUT2D eigenvalue weighted by Crippen LogP contribution is 2.19. The highest BCUT2D eigenvalue weighted by Gasteiger charge is 2.24. The van der Waals surface area contributed by atoms with Crippen LogP contribution in [0.25, 0.3) is 0 Å². The second kappa shape index (κ2) is 9.07. The Balaban J connectivity index is 2.60. The fraction of sp³-hybridized carbons (Fsp3) is 0.529. The summed E-state index contributed by atoms with van der Waals surface area (Å²) in [5, 5.41) is 2.73. The summed E-state index contributed by atoms with van der Waals surface area (Å²) in [7, 11) is 1.32. The van der Waals surface area contributed by atoms with Gasteiger partial charge in [0, 0.05) is 6.42 Å². The van der Waals surface area contributed by atoms with Crippen LogP contribution in [0.3, 0.4) is 0 Å². The van der Waals surface area contributed by atoms with E-state index in [0.717, 1.165) is 11.3 Å². The number of para-hydroxylation sites is 1. The van der Waals surface area contributed by atoms with Crippen molar-refractivity contribution >= 4 is 11.9 Å². The molecule has 0 spiro atoms. The minimum absolute atomic E-state index is 0.0212. The van der Waals surface area contributed by atoms with Crippen molar-refractivity contribution in [3.63, 3.8) is 0 Å². The number of rotatable bonds is 8. The molecule has 122 valence electrons. The molecule has 0 radical (unpaired) electrons. The molecule has 1 amide bonds. The zero-order valence-corrected chi connectivity index (χ0v) is 13.7. The molecule has 1 aromatic carbocycles. The molecule has 5 heteroatoms. The van der Waals surface area contributed by atoms with E-state index in [9.17, 15) is 9.59 Å². The van der Waals surface area contributed by atoms with Gasteiger partial charge in [-0.1, -0.05) is 32.0 Å². The first kappa shape index (κ1) is 18.0. The second-order valence-electron chi connectivity index (χ2n) is 5.35. The zero-order chi connectivity index (χ0) is 16.5. The van der Waals surface area contributed by atoms with Crippen molar-refractivity contribution in [3.05, 3.63) is 29.8 Å². The summed E-state index contributed by atoms with van der Waals surface area (Å²) in [4.78, 5) is 23.7. The van der Waals surface area contributed by atoms with Crippen LogP contribution in [0.1, 0.15) is 32.8 Å². The van der Waals surface area contributed by atoms with Gasteiger partial charge in [-0.2, -0.15) is 0 Å². The van der Waals surface area contributed by atoms with Crippen LogP contribution >= 0.6 is 0 Å². The minimum atomic E-state index is -0.611. The number of hydrogen-bond acceptors (Lipinski definition) is 4. The van der Waals surface area contributed by atoms with E-state index in [1.807, 2.05) is 45.0 Å². The SMILES string of the molecule is CCOc1ccccc1CCC(=O)NC(C(=O)OC)C(C)C. The van der Waals surface area contributed by atoms with E-state index in [4.69, 9.17) is 9.47 Å². The van der Waals surface area contributed by atoms with E-state index in [1.54, 1.807) is 0 Å². The van der Waals surface area contributed by atoms with Crippen molar-refractivity contribution < 1.29 is 19.1 Å². The molecule has 22 heavy (non-hydrogen) atoms. The van der Waals surface area contributed by atoms with Crippen molar-refractivity contribution in [2.24, 2.45) is 5.92 Å². The molecule has 0 saturated carbocycles. The molecule has 0 aliphatic rings. The Kier molecular flexibility index (Phi) is 7.43. The molecule has 5 nitrogen and oxygen atoms in total. The molecule has 0 heterocycles. The monoisotopic (exact) mass is 307 g/mol. The van der Waals surface area contributed by atoms with E-state index in [1.165, 1.54) is 7.11 Å². The van der Waals surface area contributed by atoms with Gasteiger partial charge in [-0.25, -0.2) is 4.79 Å². The van der Waals surface area contributed by atoms with Gasteiger partial charge in [-0.05, 0) is 30.9 Å². The summed E-state index contributed by atoms with van der Waals surface area (Å²) in [5.74, 6) is 0.187. The van der Waals surface area contributed by atoms with Crippen LogP contribution in [0.2, 0.25) is 0 Å². The lowest BCUT2D eigenvalue weighted by molar-refractivity contribution is -0.146. The number of carbonyl (C=O) groups excluding carboxylic acids is 2. The largest absolute Gasteiger partial charge is 0.494 e. The van der Waals surface area contributed by atoms with Gasteiger partial charge in [-0.3, -0.25) is 4.79 Å². The van der Waals surface area contributed by atoms with Crippen molar-refractivity contribution in [2.75, 3.05) is 13.7 Å². The fourth-order valence-corrected chi connectivity index (χ4v) is 2.13. The summed E-state index contributed by atoms with van der Waals surface area (Å²) in [6.45, 7) is 6.24. The van der Waals surface area contributed by atoms with Gasteiger partial charge in [0.2, 0.25) is 5.91 Å². The lowest BCUT2D eigenvalue weighted by Gasteiger charge is -2.19. The normalized spacial score (nSPS) is 11.9. The van der Waals surface area contributed by atoms with Gasteiger partial charge in [0.25, 0.3) is 0 Å². The first-order chi connectivity index (χ1) is 10.5. The number of carbonyl (C=O) groups is 2. The molecule has 1 rings (SSSR count). The maximum absolute atomic E-state index is 12.1. The van der Waals surface area contributed by atoms with Crippen molar-refractivity contribution in [1.29, 1.82) is 0 Å². The van der Waals surface area contributed by atoms with Crippen LogP contribution in [-0.4, -0.2) is 31.6 Å². The van der Waals surface area contributed by atoms with Crippen LogP contribution in [-0.2, 0) is 20.7 Å². The van der Waals surface area contributed by atoms with Crippen molar-refractivity contribution in [3.8, 4) is 5.75 Å². The topological polar surface area (TPSA) is 64.6 Å². The molecular formula is C17H25NO4.